The van der Waals surface area contributed by atoms with Crippen LogP contribution in [0.1, 0.15) is 12.5 Å². The Bertz CT molecular complexity index is 419. The van der Waals surface area contributed by atoms with Crippen LogP contribution in [-0.4, -0.2) is 12.0 Å². The Balaban J connectivity index is 2.87. The van der Waals surface area contributed by atoms with Crippen molar-refractivity contribution in [1.82, 2.24) is 5.32 Å². The Kier molecular flexibility index (Phi) is 4.30. The van der Waals surface area contributed by atoms with Crippen molar-refractivity contribution < 1.29 is 4.79 Å². The minimum atomic E-state index is -0.519. The summed E-state index contributed by atoms with van der Waals surface area (Å²) >= 11 is 3.36. The quantitative estimate of drug-likeness (QED) is 0.494. The first-order chi connectivity index (χ1) is 7.54. The van der Waals surface area contributed by atoms with E-state index in [1.807, 2.05) is 25.1 Å². The van der Waals surface area contributed by atoms with Gasteiger partial charge in [0.25, 0.3) is 0 Å². The number of rotatable bonds is 2. The van der Waals surface area contributed by atoms with Gasteiger partial charge < -0.3 is 11.1 Å². The number of urea groups is 1. The molecule has 1 aromatic carbocycles. The number of hydrogen-bond donors (Lipinski definition) is 4. The first-order valence-corrected chi connectivity index (χ1v) is 5.53. The van der Waals surface area contributed by atoms with Crippen molar-refractivity contribution in [2.24, 2.45) is 5.73 Å². The fourth-order valence-corrected chi connectivity index (χ4v) is 1.78. The molecule has 0 heterocycles. The third-order valence-electron chi connectivity index (χ3n) is 1.97. The van der Waals surface area contributed by atoms with Gasteiger partial charge in [0.05, 0.1) is 5.69 Å². The smallest absolute Gasteiger partial charge is 0.326 e. The van der Waals surface area contributed by atoms with E-state index >= 15 is 0 Å². The SMILES string of the molecule is CCc1cccc(Br)c1NC(=O)NC(=N)N. The second kappa shape index (κ2) is 5.50. The van der Waals surface area contributed by atoms with Crippen LogP contribution in [0.4, 0.5) is 10.5 Å². The summed E-state index contributed by atoms with van der Waals surface area (Å²) in [5.74, 6) is -0.386. The number of nitrogens with two attached hydrogens (primary N) is 1. The molecule has 86 valence electrons. The zero-order valence-electron chi connectivity index (χ0n) is 8.80. The van der Waals surface area contributed by atoms with E-state index < -0.39 is 6.03 Å². The third-order valence-corrected chi connectivity index (χ3v) is 2.63. The van der Waals surface area contributed by atoms with Crippen LogP contribution in [0.3, 0.4) is 0 Å². The standard InChI is InChI=1S/C10H13BrN4O/c1-2-6-4-3-5-7(11)8(6)14-10(16)15-9(12)13/h3-5H,2H2,1H3,(H5,12,13,14,15,16). The lowest BCUT2D eigenvalue weighted by Gasteiger charge is -2.12. The molecule has 0 aliphatic carbocycles. The highest BCUT2D eigenvalue weighted by Gasteiger charge is 2.09. The molecule has 0 bridgehead atoms. The molecule has 1 rings (SSSR count). The van der Waals surface area contributed by atoms with E-state index in [9.17, 15) is 4.79 Å². The van der Waals surface area contributed by atoms with Crippen LogP contribution in [0.2, 0.25) is 0 Å². The number of carbonyl (C=O) groups excluding carboxylic acids is 1. The molecule has 0 spiro atoms. The van der Waals surface area contributed by atoms with Crippen LogP contribution >= 0.6 is 15.9 Å². The van der Waals surface area contributed by atoms with E-state index in [2.05, 4.69) is 26.6 Å². The fraction of sp³-hybridized carbons (Fsp3) is 0.200. The van der Waals surface area contributed by atoms with Crippen LogP contribution < -0.4 is 16.4 Å². The molecule has 0 aliphatic rings. The number of para-hydroxylation sites is 1. The predicted octanol–water partition coefficient (Wildman–Crippen LogP) is 2.03. The van der Waals surface area contributed by atoms with Crippen molar-refractivity contribution in [3.05, 3.63) is 28.2 Å². The Morgan fingerprint density at radius 2 is 2.25 bits per heavy atom. The van der Waals surface area contributed by atoms with Gasteiger partial charge in [-0.25, -0.2) is 4.79 Å². The number of carbonyl (C=O) groups is 1. The zero-order chi connectivity index (χ0) is 12.1. The Morgan fingerprint density at radius 1 is 1.56 bits per heavy atom. The summed E-state index contributed by atoms with van der Waals surface area (Å²) in [5, 5.41) is 11.7. The normalized spacial score (nSPS) is 9.62. The molecule has 16 heavy (non-hydrogen) atoms. The Labute approximate surface area is 102 Å². The van der Waals surface area contributed by atoms with Gasteiger partial charge in [0, 0.05) is 4.47 Å². The van der Waals surface area contributed by atoms with Crippen molar-refractivity contribution in [2.75, 3.05) is 5.32 Å². The molecule has 0 aromatic heterocycles. The summed E-state index contributed by atoms with van der Waals surface area (Å²) in [6.07, 6.45) is 0.801. The molecule has 0 unspecified atom stereocenters. The maximum absolute atomic E-state index is 11.4. The molecule has 0 aliphatic heterocycles. The van der Waals surface area contributed by atoms with Crippen LogP contribution in [-0.2, 0) is 6.42 Å². The Hall–Kier alpha value is -1.56. The lowest BCUT2D eigenvalue weighted by molar-refractivity contribution is 0.256. The zero-order valence-corrected chi connectivity index (χ0v) is 10.4. The third kappa shape index (κ3) is 3.23. The minimum absolute atomic E-state index is 0.386. The number of aryl methyl sites for hydroxylation is 1. The van der Waals surface area contributed by atoms with E-state index in [1.165, 1.54) is 0 Å². The highest BCUT2D eigenvalue weighted by atomic mass is 79.9. The van der Waals surface area contributed by atoms with Gasteiger partial charge in [-0.1, -0.05) is 19.1 Å². The summed E-state index contributed by atoms with van der Waals surface area (Å²) < 4.78 is 0.797. The van der Waals surface area contributed by atoms with Crippen molar-refractivity contribution >= 4 is 33.6 Å². The number of amides is 2. The topological polar surface area (TPSA) is 91.0 Å². The van der Waals surface area contributed by atoms with E-state index in [4.69, 9.17) is 11.1 Å². The average Bonchev–Trinajstić information content (AvgIpc) is 2.20. The molecular weight excluding hydrogens is 272 g/mol. The second-order valence-corrected chi connectivity index (χ2v) is 3.97. The number of halogens is 1. The monoisotopic (exact) mass is 284 g/mol. The summed E-state index contributed by atoms with van der Waals surface area (Å²) in [6, 6.07) is 5.14. The van der Waals surface area contributed by atoms with Crippen LogP contribution in [0, 0.1) is 5.41 Å². The number of nitrogens with one attached hydrogen (secondary N) is 3. The second-order valence-electron chi connectivity index (χ2n) is 3.12. The van der Waals surface area contributed by atoms with Crippen molar-refractivity contribution in [3.8, 4) is 0 Å². The number of anilines is 1. The molecule has 0 fully saturated rings. The molecule has 6 heteroatoms. The van der Waals surface area contributed by atoms with E-state index in [0.29, 0.717) is 5.69 Å². The number of guanidine groups is 1. The van der Waals surface area contributed by atoms with E-state index in [0.717, 1.165) is 16.5 Å². The van der Waals surface area contributed by atoms with Gasteiger partial charge in [0.15, 0.2) is 5.96 Å². The van der Waals surface area contributed by atoms with Crippen LogP contribution in [0.5, 0.6) is 0 Å². The number of benzene rings is 1. The van der Waals surface area contributed by atoms with E-state index in [1.54, 1.807) is 0 Å². The highest BCUT2D eigenvalue weighted by molar-refractivity contribution is 9.10. The maximum Gasteiger partial charge on any atom is 0.326 e. The van der Waals surface area contributed by atoms with Crippen molar-refractivity contribution in [3.63, 3.8) is 0 Å². The average molecular weight is 285 g/mol. The molecule has 0 atom stereocenters. The predicted molar refractivity (Wildman–Crippen MR) is 67.6 cm³/mol. The molecule has 0 saturated carbocycles. The minimum Gasteiger partial charge on any atom is -0.370 e. The van der Waals surface area contributed by atoms with E-state index in [-0.39, 0.29) is 5.96 Å². The highest BCUT2D eigenvalue weighted by Crippen LogP contribution is 2.26. The summed E-state index contributed by atoms with van der Waals surface area (Å²) in [4.78, 5) is 11.4. The summed E-state index contributed by atoms with van der Waals surface area (Å²) in [7, 11) is 0. The molecule has 0 saturated heterocycles. The van der Waals surface area contributed by atoms with Gasteiger partial charge in [-0.05, 0) is 34.0 Å². The molecule has 0 radical (unpaired) electrons. The lowest BCUT2D eigenvalue weighted by Crippen LogP contribution is -2.38. The first-order valence-electron chi connectivity index (χ1n) is 4.74. The van der Waals surface area contributed by atoms with Gasteiger partial charge in [0.2, 0.25) is 0 Å². The van der Waals surface area contributed by atoms with Gasteiger partial charge in [-0.2, -0.15) is 0 Å². The van der Waals surface area contributed by atoms with Gasteiger partial charge in [-0.3, -0.25) is 10.7 Å². The first kappa shape index (κ1) is 12.5. The molecule has 5 nitrogen and oxygen atoms in total. The largest absolute Gasteiger partial charge is 0.370 e. The number of hydrogen-bond acceptors (Lipinski definition) is 2. The molecule has 5 N–H and O–H groups in total. The van der Waals surface area contributed by atoms with Crippen molar-refractivity contribution in [1.29, 1.82) is 5.41 Å². The van der Waals surface area contributed by atoms with Gasteiger partial charge in [-0.15, -0.1) is 0 Å². The van der Waals surface area contributed by atoms with Crippen LogP contribution in [0.15, 0.2) is 22.7 Å². The fourth-order valence-electron chi connectivity index (χ4n) is 1.27. The molecule has 1 aromatic rings. The Morgan fingerprint density at radius 3 is 2.81 bits per heavy atom. The molecule has 2 amide bonds. The summed E-state index contributed by atoms with van der Waals surface area (Å²) in [5.41, 5.74) is 6.76. The van der Waals surface area contributed by atoms with Gasteiger partial charge in [0.1, 0.15) is 0 Å². The van der Waals surface area contributed by atoms with Gasteiger partial charge >= 0.3 is 6.03 Å². The molecular formula is C10H13BrN4O. The summed E-state index contributed by atoms with van der Waals surface area (Å²) in [6.45, 7) is 2.00. The maximum atomic E-state index is 11.4. The van der Waals surface area contributed by atoms with Crippen LogP contribution in [0.25, 0.3) is 0 Å². The lowest BCUT2D eigenvalue weighted by atomic mass is 10.1. The van der Waals surface area contributed by atoms with Crippen molar-refractivity contribution in [2.45, 2.75) is 13.3 Å².